The van der Waals surface area contributed by atoms with E-state index in [-0.39, 0.29) is 23.8 Å². The number of amides is 1. The van der Waals surface area contributed by atoms with Crippen LogP contribution < -0.4 is 10.1 Å². The van der Waals surface area contributed by atoms with Gasteiger partial charge in [0.05, 0.1) is 19.3 Å². The second-order valence-corrected chi connectivity index (χ2v) is 6.69. The number of carbonyl (C=O) groups excluding carboxylic acids is 1. The van der Waals surface area contributed by atoms with Gasteiger partial charge in [-0.15, -0.1) is 0 Å². The topological polar surface area (TPSA) is 44.8 Å². The number of methoxy groups -OCH3 is 1. The third-order valence-corrected chi connectivity index (χ3v) is 4.66. The quantitative estimate of drug-likeness (QED) is 0.820. The Bertz CT molecular complexity index is 839. The van der Waals surface area contributed by atoms with Crippen LogP contribution in [0.5, 0.6) is 5.75 Å². The number of benzene rings is 2. The molecule has 2 aromatic rings. The summed E-state index contributed by atoms with van der Waals surface area (Å²) in [6.45, 7) is 3.44. The van der Waals surface area contributed by atoms with Crippen LogP contribution in [0.25, 0.3) is 0 Å². The van der Waals surface area contributed by atoms with Crippen LogP contribution in [-0.4, -0.2) is 55.5 Å². The predicted molar refractivity (Wildman–Crippen MR) is 99.7 cm³/mol. The summed E-state index contributed by atoms with van der Waals surface area (Å²) in [4.78, 5) is 16.2. The molecule has 0 aromatic heterocycles. The zero-order valence-corrected chi connectivity index (χ0v) is 15.6. The summed E-state index contributed by atoms with van der Waals surface area (Å²) < 4.78 is 45.5. The molecule has 28 heavy (non-hydrogen) atoms. The Balaban J connectivity index is 1.46. The number of carbonyl (C=O) groups is 1. The molecule has 150 valence electrons. The van der Waals surface area contributed by atoms with Crippen molar-refractivity contribution in [3.05, 3.63) is 59.4 Å². The lowest BCUT2D eigenvalue weighted by atomic mass is 10.2. The molecule has 3 rings (SSSR count). The van der Waals surface area contributed by atoms with E-state index in [4.69, 9.17) is 4.74 Å². The maximum absolute atomic E-state index is 13.8. The molecule has 0 bridgehead atoms. The normalized spacial score (nSPS) is 15.4. The molecule has 0 radical (unpaired) electrons. The van der Waals surface area contributed by atoms with E-state index in [1.807, 2.05) is 11.0 Å². The number of hydrogen-bond donors (Lipinski definition) is 1. The summed E-state index contributed by atoms with van der Waals surface area (Å²) >= 11 is 0. The van der Waals surface area contributed by atoms with Crippen molar-refractivity contribution in [1.29, 1.82) is 0 Å². The highest BCUT2D eigenvalue weighted by atomic mass is 19.1. The molecule has 0 unspecified atom stereocenters. The minimum Gasteiger partial charge on any atom is -0.494 e. The van der Waals surface area contributed by atoms with E-state index in [1.54, 1.807) is 6.07 Å². The number of hydrogen-bond acceptors (Lipinski definition) is 4. The van der Waals surface area contributed by atoms with E-state index in [0.29, 0.717) is 19.6 Å². The van der Waals surface area contributed by atoms with Crippen molar-refractivity contribution in [3.63, 3.8) is 0 Å². The van der Waals surface area contributed by atoms with E-state index in [9.17, 15) is 18.0 Å². The SMILES string of the molecule is COc1ccc(CN2CCN(CC(=O)Nc3cc(F)ccc3F)CC2)cc1F. The fourth-order valence-electron chi connectivity index (χ4n) is 3.16. The van der Waals surface area contributed by atoms with Gasteiger partial charge in [-0.3, -0.25) is 14.6 Å². The van der Waals surface area contributed by atoms with E-state index in [1.165, 1.54) is 13.2 Å². The van der Waals surface area contributed by atoms with Crippen LogP contribution in [0.2, 0.25) is 0 Å². The predicted octanol–water partition coefficient (Wildman–Crippen LogP) is 2.87. The Kier molecular flexibility index (Phi) is 6.53. The molecule has 0 spiro atoms. The average Bonchev–Trinajstić information content (AvgIpc) is 2.66. The highest BCUT2D eigenvalue weighted by Crippen LogP contribution is 2.19. The molecule has 0 saturated carbocycles. The fourth-order valence-corrected chi connectivity index (χ4v) is 3.16. The van der Waals surface area contributed by atoms with Crippen LogP contribution >= 0.6 is 0 Å². The van der Waals surface area contributed by atoms with Crippen molar-refractivity contribution in [1.82, 2.24) is 9.80 Å². The van der Waals surface area contributed by atoms with Gasteiger partial charge in [-0.25, -0.2) is 13.2 Å². The van der Waals surface area contributed by atoms with E-state index < -0.39 is 17.5 Å². The zero-order valence-electron chi connectivity index (χ0n) is 15.6. The lowest BCUT2D eigenvalue weighted by Crippen LogP contribution is -2.48. The van der Waals surface area contributed by atoms with Crippen LogP contribution in [0.4, 0.5) is 18.9 Å². The maximum atomic E-state index is 13.8. The Morgan fingerprint density at radius 3 is 2.39 bits per heavy atom. The summed E-state index contributed by atoms with van der Waals surface area (Å²) in [5, 5.41) is 2.40. The largest absolute Gasteiger partial charge is 0.494 e. The molecular formula is C20H22F3N3O2. The van der Waals surface area contributed by atoms with Crippen LogP contribution in [0, 0.1) is 17.5 Å². The minimum atomic E-state index is -0.675. The van der Waals surface area contributed by atoms with Crippen molar-refractivity contribution < 1.29 is 22.7 Å². The van der Waals surface area contributed by atoms with Gasteiger partial charge in [0.15, 0.2) is 11.6 Å². The second-order valence-electron chi connectivity index (χ2n) is 6.69. The van der Waals surface area contributed by atoms with Gasteiger partial charge in [-0.05, 0) is 29.8 Å². The Hall–Kier alpha value is -2.58. The molecule has 1 fully saturated rings. The second kappa shape index (κ2) is 9.07. The smallest absolute Gasteiger partial charge is 0.238 e. The summed E-state index contributed by atoms with van der Waals surface area (Å²) in [6, 6.07) is 7.84. The molecule has 1 aliphatic rings. The van der Waals surface area contributed by atoms with E-state index in [2.05, 4.69) is 10.2 Å². The van der Waals surface area contributed by atoms with Crippen molar-refractivity contribution in [2.24, 2.45) is 0 Å². The van der Waals surface area contributed by atoms with Gasteiger partial charge >= 0.3 is 0 Å². The molecule has 1 aliphatic heterocycles. The Morgan fingerprint density at radius 2 is 1.71 bits per heavy atom. The van der Waals surface area contributed by atoms with Crippen LogP contribution in [-0.2, 0) is 11.3 Å². The number of rotatable bonds is 6. The zero-order chi connectivity index (χ0) is 20.1. The average molecular weight is 393 g/mol. The van der Waals surface area contributed by atoms with Gasteiger partial charge in [-0.2, -0.15) is 0 Å². The van der Waals surface area contributed by atoms with Gasteiger partial charge in [0, 0.05) is 38.8 Å². The minimum absolute atomic E-state index is 0.0982. The highest BCUT2D eigenvalue weighted by molar-refractivity contribution is 5.92. The molecular weight excluding hydrogens is 371 g/mol. The van der Waals surface area contributed by atoms with Crippen molar-refractivity contribution >= 4 is 11.6 Å². The van der Waals surface area contributed by atoms with Gasteiger partial charge in [0.25, 0.3) is 0 Å². The number of nitrogens with one attached hydrogen (secondary N) is 1. The number of anilines is 1. The van der Waals surface area contributed by atoms with Crippen molar-refractivity contribution in [2.75, 3.05) is 45.2 Å². The summed E-state index contributed by atoms with van der Waals surface area (Å²) in [6.07, 6.45) is 0. The first-order valence-electron chi connectivity index (χ1n) is 8.96. The Labute approximate surface area is 161 Å². The molecule has 2 aromatic carbocycles. The summed E-state index contributed by atoms with van der Waals surface area (Å²) in [5.74, 6) is -1.85. The van der Waals surface area contributed by atoms with Crippen LogP contribution in [0.15, 0.2) is 36.4 Å². The third kappa shape index (κ3) is 5.24. The fraction of sp³-hybridized carbons (Fsp3) is 0.350. The van der Waals surface area contributed by atoms with Crippen molar-refractivity contribution in [3.8, 4) is 5.75 Å². The molecule has 5 nitrogen and oxygen atoms in total. The standard InChI is InChI=1S/C20H22F3N3O2/c1-28-19-5-2-14(10-17(19)23)12-25-6-8-26(9-7-25)13-20(27)24-18-11-15(21)3-4-16(18)22/h2-5,10-11H,6-9,12-13H2,1H3,(H,24,27). The van der Waals surface area contributed by atoms with Gasteiger partial charge < -0.3 is 10.1 Å². The van der Waals surface area contributed by atoms with Crippen LogP contribution in [0.1, 0.15) is 5.56 Å². The first kappa shape index (κ1) is 20.2. The first-order chi connectivity index (χ1) is 13.4. The first-order valence-corrected chi connectivity index (χ1v) is 8.96. The van der Waals surface area contributed by atoms with Gasteiger partial charge in [-0.1, -0.05) is 6.07 Å². The molecule has 0 atom stereocenters. The number of halogens is 3. The molecule has 1 amide bonds. The highest BCUT2D eigenvalue weighted by Gasteiger charge is 2.20. The number of ether oxygens (including phenoxy) is 1. The number of nitrogens with zero attached hydrogens (tertiary/aromatic N) is 2. The molecule has 1 saturated heterocycles. The van der Waals surface area contributed by atoms with E-state index >= 15 is 0 Å². The molecule has 8 heteroatoms. The molecule has 1 N–H and O–H groups in total. The monoisotopic (exact) mass is 393 g/mol. The Morgan fingerprint density at radius 1 is 1.00 bits per heavy atom. The van der Waals surface area contributed by atoms with E-state index in [0.717, 1.165) is 36.9 Å². The number of piperazine rings is 1. The van der Waals surface area contributed by atoms with Crippen molar-refractivity contribution in [2.45, 2.75) is 6.54 Å². The van der Waals surface area contributed by atoms with Gasteiger partial charge in [0.2, 0.25) is 5.91 Å². The molecule has 1 heterocycles. The summed E-state index contributed by atoms with van der Waals surface area (Å²) in [5.41, 5.74) is 0.691. The van der Waals surface area contributed by atoms with Crippen LogP contribution in [0.3, 0.4) is 0 Å². The summed E-state index contributed by atoms with van der Waals surface area (Å²) in [7, 11) is 1.43. The molecule has 0 aliphatic carbocycles. The lowest BCUT2D eigenvalue weighted by molar-refractivity contribution is -0.117. The van der Waals surface area contributed by atoms with Gasteiger partial charge in [0.1, 0.15) is 11.6 Å². The lowest BCUT2D eigenvalue weighted by Gasteiger charge is -2.34. The third-order valence-electron chi connectivity index (χ3n) is 4.66. The maximum Gasteiger partial charge on any atom is 0.238 e.